The molecule has 2 unspecified atom stereocenters. The van der Waals surface area contributed by atoms with Crippen LogP contribution in [0.5, 0.6) is 0 Å². The molecule has 2 atom stereocenters. The summed E-state index contributed by atoms with van der Waals surface area (Å²) >= 11 is 0. The number of nitrogens with zero attached hydrogens (tertiary/aromatic N) is 2. The highest BCUT2D eigenvalue weighted by Gasteiger charge is 2.54. The van der Waals surface area contributed by atoms with Crippen molar-refractivity contribution in [2.75, 3.05) is 19.6 Å². The van der Waals surface area contributed by atoms with Crippen LogP contribution in [0.1, 0.15) is 13.8 Å². The Morgan fingerprint density at radius 2 is 2.15 bits per heavy atom. The average Bonchev–Trinajstić information content (AvgIpc) is 2.92. The van der Waals surface area contributed by atoms with E-state index in [1.54, 1.807) is 0 Å². The number of nitrogens with one attached hydrogen (secondary N) is 1. The van der Waals surface area contributed by atoms with E-state index in [0.29, 0.717) is 18.4 Å². The van der Waals surface area contributed by atoms with E-state index >= 15 is 0 Å². The van der Waals surface area contributed by atoms with E-state index < -0.39 is 21.4 Å². The van der Waals surface area contributed by atoms with E-state index in [0.717, 1.165) is 25.4 Å². The van der Waals surface area contributed by atoms with Crippen LogP contribution < -0.4 is 5.32 Å². The van der Waals surface area contributed by atoms with Gasteiger partial charge in [-0.2, -0.15) is 4.31 Å². The summed E-state index contributed by atoms with van der Waals surface area (Å²) in [7, 11) is -3.71. The molecule has 3 heterocycles. The molecule has 1 N–H and O–H groups in total. The smallest absolute Gasteiger partial charge is 0.245 e. The molecule has 1 aromatic heterocycles. The van der Waals surface area contributed by atoms with Crippen molar-refractivity contribution in [3.63, 3.8) is 0 Å². The van der Waals surface area contributed by atoms with Crippen molar-refractivity contribution >= 4 is 10.0 Å². The van der Waals surface area contributed by atoms with Gasteiger partial charge in [-0.25, -0.2) is 12.8 Å². The zero-order valence-corrected chi connectivity index (χ0v) is 12.3. The number of pyridine rings is 1. The Bertz CT molecular complexity index is 632. The van der Waals surface area contributed by atoms with E-state index in [4.69, 9.17) is 0 Å². The Morgan fingerprint density at radius 1 is 1.40 bits per heavy atom. The molecule has 2 saturated heterocycles. The maximum absolute atomic E-state index is 13.3. The summed E-state index contributed by atoms with van der Waals surface area (Å²) in [6.07, 6.45) is 2.22. The number of fused-ring (bicyclic) bond motifs is 1. The molecular formula is C13H18FN3O2S. The van der Waals surface area contributed by atoms with Gasteiger partial charge in [0.25, 0.3) is 0 Å². The molecule has 110 valence electrons. The van der Waals surface area contributed by atoms with Gasteiger partial charge in [0.1, 0.15) is 10.7 Å². The van der Waals surface area contributed by atoms with Gasteiger partial charge in [0.15, 0.2) is 0 Å². The van der Waals surface area contributed by atoms with Crippen molar-refractivity contribution in [3.05, 3.63) is 24.3 Å². The highest BCUT2D eigenvalue weighted by Crippen LogP contribution is 2.43. The minimum Gasteiger partial charge on any atom is -0.316 e. The van der Waals surface area contributed by atoms with Gasteiger partial charge in [0, 0.05) is 24.8 Å². The maximum atomic E-state index is 13.3. The van der Waals surface area contributed by atoms with Crippen LogP contribution in [0, 0.1) is 17.7 Å². The largest absolute Gasteiger partial charge is 0.316 e. The summed E-state index contributed by atoms with van der Waals surface area (Å²) in [6.45, 7) is 6.01. The fraction of sp³-hybridized carbons (Fsp3) is 0.615. The van der Waals surface area contributed by atoms with E-state index in [2.05, 4.69) is 10.3 Å². The van der Waals surface area contributed by atoms with Crippen LogP contribution in [-0.4, -0.2) is 42.9 Å². The Kier molecular flexibility index (Phi) is 3.11. The first-order chi connectivity index (χ1) is 9.33. The lowest BCUT2D eigenvalue weighted by Gasteiger charge is -2.34. The summed E-state index contributed by atoms with van der Waals surface area (Å²) in [5.41, 5.74) is -0.473. The third kappa shape index (κ3) is 1.96. The predicted octanol–water partition coefficient (Wildman–Crippen LogP) is 0.839. The summed E-state index contributed by atoms with van der Waals surface area (Å²) in [4.78, 5) is 3.58. The summed E-state index contributed by atoms with van der Waals surface area (Å²) < 4.78 is 40.2. The van der Waals surface area contributed by atoms with Crippen molar-refractivity contribution in [3.8, 4) is 0 Å². The van der Waals surface area contributed by atoms with E-state index in [1.807, 2.05) is 13.8 Å². The van der Waals surface area contributed by atoms with Gasteiger partial charge in [-0.3, -0.25) is 4.98 Å². The van der Waals surface area contributed by atoms with Gasteiger partial charge in [-0.05, 0) is 38.3 Å². The van der Waals surface area contributed by atoms with Crippen molar-refractivity contribution < 1.29 is 12.8 Å². The minimum absolute atomic E-state index is 0.0708. The molecule has 2 fully saturated rings. The fourth-order valence-electron chi connectivity index (χ4n) is 3.45. The van der Waals surface area contributed by atoms with Crippen molar-refractivity contribution in [2.45, 2.75) is 24.3 Å². The molecule has 2 aliphatic rings. The molecule has 0 aromatic carbocycles. The molecule has 7 heteroatoms. The summed E-state index contributed by atoms with van der Waals surface area (Å²) in [6, 6.07) is 1.03. The molecule has 5 nitrogen and oxygen atoms in total. The molecule has 0 spiro atoms. The normalized spacial score (nSPS) is 29.6. The number of halogens is 1. The number of aromatic nitrogens is 1. The lowest BCUT2D eigenvalue weighted by Crippen LogP contribution is -2.47. The SMILES string of the molecule is CC1(C)C2CNCC2CN1S(=O)(=O)c1cncc(F)c1. The first-order valence-corrected chi connectivity index (χ1v) is 8.11. The van der Waals surface area contributed by atoms with Crippen LogP contribution >= 0.6 is 0 Å². The average molecular weight is 299 g/mol. The second kappa shape index (κ2) is 4.47. The van der Waals surface area contributed by atoms with E-state index in [9.17, 15) is 12.8 Å². The van der Waals surface area contributed by atoms with Gasteiger partial charge < -0.3 is 5.32 Å². The lowest BCUT2D eigenvalue weighted by molar-refractivity contribution is 0.233. The second-order valence-electron chi connectivity index (χ2n) is 6.05. The van der Waals surface area contributed by atoms with Crippen molar-refractivity contribution in [1.29, 1.82) is 0 Å². The van der Waals surface area contributed by atoms with Crippen LogP contribution in [0.4, 0.5) is 4.39 Å². The topological polar surface area (TPSA) is 62.3 Å². The molecule has 2 aliphatic heterocycles. The second-order valence-corrected chi connectivity index (χ2v) is 7.92. The van der Waals surface area contributed by atoms with Crippen LogP contribution in [0.2, 0.25) is 0 Å². The zero-order valence-electron chi connectivity index (χ0n) is 11.5. The molecule has 0 amide bonds. The lowest BCUT2D eigenvalue weighted by atomic mass is 9.85. The van der Waals surface area contributed by atoms with Gasteiger partial charge in [-0.15, -0.1) is 0 Å². The molecule has 3 rings (SSSR count). The maximum Gasteiger partial charge on any atom is 0.245 e. The van der Waals surface area contributed by atoms with Crippen LogP contribution in [-0.2, 0) is 10.0 Å². The monoisotopic (exact) mass is 299 g/mol. The first-order valence-electron chi connectivity index (χ1n) is 6.67. The van der Waals surface area contributed by atoms with Crippen molar-refractivity contribution in [1.82, 2.24) is 14.6 Å². The van der Waals surface area contributed by atoms with Gasteiger partial charge in [0.05, 0.1) is 6.20 Å². The fourth-order valence-corrected chi connectivity index (χ4v) is 5.31. The van der Waals surface area contributed by atoms with Gasteiger partial charge in [-0.1, -0.05) is 0 Å². The Hall–Kier alpha value is -1.05. The molecule has 1 aromatic rings. The molecule has 20 heavy (non-hydrogen) atoms. The summed E-state index contributed by atoms with van der Waals surface area (Å²) in [5, 5.41) is 3.31. The molecule has 0 bridgehead atoms. The minimum atomic E-state index is -3.71. The third-order valence-electron chi connectivity index (χ3n) is 4.56. The van der Waals surface area contributed by atoms with Crippen LogP contribution in [0.3, 0.4) is 0 Å². The van der Waals surface area contributed by atoms with Crippen LogP contribution in [0.25, 0.3) is 0 Å². The van der Waals surface area contributed by atoms with E-state index in [-0.39, 0.29) is 4.90 Å². The quantitative estimate of drug-likeness (QED) is 0.879. The highest BCUT2D eigenvalue weighted by molar-refractivity contribution is 7.89. The zero-order chi connectivity index (χ0) is 14.5. The molecular weight excluding hydrogens is 281 g/mol. The number of hydrogen-bond donors (Lipinski definition) is 1. The van der Waals surface area contributed by atoms with Crippen molar-refractivity contribution in [2.24, 2.45) is 11.8 Å². The standard InChI is InChI=1S/C13H18FN3O2S/c1-13(2)12-7-15-4-9(12)8-17(13)20(18,19)11-3-10(14)5-16-6-11/h3,5-6,9,12,15H,4,7-8H2,1-2H3. The Labute approximate surface area is 118 Å². The Balaban J connectivity index is 2.00. The van der Waals surface area contributed by atoms with Gasteiger partial charge in [0.2, 0.25) is 10.0 Å². The molecule has 0 aliphatic carbocycles. The van der Waals surface area contributed by atoms with Gasteiger partial charge >= 0.3 is 0 Å². The number of rotatable bonds is 2. The molecule has 0 saturated carbocycles. The third-order valence-corrected chi connectivity index (χ3v) is 6.58. The number of sulfonamides is 1. The van der Waals surface area contributed by atoms with E-state index in [1.165, 1.54) is 10.5 Å². The number of hydrogen-bond acceptors (Lipinski definition) is 4. The molecule has 0 radical (unpaired) electrons. The predicted molar refractivity (Wildman–Crippen MR) is 72.0 cm³/mol. The highest BCUT2D eigenvalue weighted by atomic mass is 32.2. The summed E-state index contributed by atoms with van der Waals surface area (Å²) in [5.74, 6) is -0.0231. The Morgan fingerprint density at radius 3 is 2.80 bits per heavy atom. The van der Waals surface area contributed by atoms with Crippen LogP contribution in [0.15, 0.2) is 23.4 Å². The first kappa shape index (κ1) is 13.9.